The van der Waals surface area contributed by atoms with Crippen molar-refractivity contribution in [1.29, 1.82) is 0 Å². The number of nitrogens with zero attached hydrogens (tertiary/aromatic N) is 2. The van der Waals surface area contributed by atoms with E-state index in [-0.39, 0.29) is 0 Å². The molecule has 0 radical (unpaired) electrons. The molecule has 0 saturated heterocycles. The van der Waals surface area contributed by atoms with Crippen molar-refractivity contribution in [2.24, 2.45) is 0 Å². The fourth-order valence-electron chi connectivity index (χ4n) is 2.40. The summed E-state index contributed by atoms with van der Waals surface area (Å²) in [7, 11) is 2.07. The van der Waals surface area contributed by atoms with Crippen molar-refractivity contribution in [2.75, 3.05) is 49.5 Å². The quantitative estimate of drug-likeness (QED) is 0.204. The molecule has 0 atom stereocenters. The van der Waals surface area contributed by atoms with Crippen molar-refractivity contribution in [3.05, 3.63) is 24.3 Å². The number of halogens is 6. The van der Waals surface area contributed by atoms with E-state index in [2.05, 4.69) is 6.58 Å². The molecule has 0 bridgehead atoms. The summed E-state index contributed by atoms with van der Waals surface area (Å²) in [6.45, 7) is 4.21. The first kappa shape index (κ1) is 25.8. The van der Waals surface area contributed by atoms with Crippen LogP contribution in [0.5, 0.6) is 17.2 Å². The third-order valence-electron chi connectivity index (χ3n) is 3.15. The Bertz CT molecular complexity index is 746. The SMILES string of the molecule is C=C(C(N(C)C)=[N+](C)C)c1ccc(OC)c(OC)c1OC.F[P-](F)(F)(F)(F)F. The van der Waals surface area contributed by atoms with Crippen LogP contribution in [0.3, 0.4) is 0 Å². The Morgan fingerprint density at radius 3 is 1.61 bits per heavy atom. The molecule has 164 valence electrons. The summed E-state index contributed by atoms with van der Waals surface area (Å²) >= 11 is 0. The number of amidine groups is 1. The van der Waals surface area contributed by atoms with Crippen LogP contribution in [0.4, 0.5) is 25.2 Å². The van der Waals surface area contributed by atoms with E-state index in [4.69, 9.17) is 14.2 Å². The molecule has 0 fully saturated rings. The molecule has 12 heteroatoms. The first-order valence-electron chi connectivity index (χ1n) is 7.60. The summed E-state index contributed by atoms with van der Waals surface area (Å²) in [5.74, 6) is 2.79. The molecule has 0 aromatic heterocycles. The van der Waals surface area contributed by atoms with Crippen LogP contribution in [0.15, 0.2) is 18.7 Å². The van der Waals surface area contributed by atoms with Gasteiger partial charge in [-0.3, -0.25) is 9.48 Å². The van der Waals surface area contributed by atoms with E-state index in [1.54, 1.807) is 21.3 Å². The van der Waals surface area contributed by atoms with Crippen LogP contribution >= 0.6 is 7.81 Å². The summed E-state index contributed by atoms with van der Waals surface area (Å²) in [6.07, 6.45) is 0. The molecular formula is C16H25F6N2O3P. The summed E-state index contributed by atoms with van der Waals surface area (Å²) in [5.41, 5.74) is 1.72. The molecule has 0 aliphatic heterocycles. The predicted octanol–water partition coefficient (Wildman–Crippen LogP) is 5.34. The van der Waals surface area contributed by atoms with Gasteiger partial charge in [-0.25, -0.2) is 0 Å². The zero-order valence-electron chi connectivity index (χ0n) is 16.7. The average Bonchev–Trinajstić information content (AvgIpc) is 2.49. The van der Waals surface area contributed by atoms with Crippen molar-refractivity contribution < 1.29 is 44.0 Å². The van der Waals surface area contributed by atoms with Gasteiger partial charge in [0.25, 0.3) is 5.84 Å². The summed E-state index contributed by atoms with van der Waals surface area (Å²) < 4.78 is 77.5. The van der Waals surface area contributed by atoms with Gasteiger partial charge in [0.05, 0.1) is 55.1 Å². The molecule has 0 spiro atoms. The number of benzene rings is 1. The first-order chi connectivity index (χ1) is 12.3. The molecule has 1 aromatic rings. The van der Waals surface area contributed by atoms with E-state index in [0.717, 1.165) is 17.0 Å². The van der Waals surface area contributed by atoms with Crippen LogP contribution in [0, 0.1) is 0 Å². The fraction of sp³-hybridized carbons (Fsp3) is 0.438. The van der Waals surface area contributed by atoms with E-state index >= 15 is 0 Å². The normalized spacial score (nSPS) is 13.2. The molecule has 0 amide bonds. The fourth-order valence-corrected chi connectivity index (χ4v) is 2.40. The van der Waals surface area contributed by atoms with Gasteiger partial charge in [0.2, 0.25) is 5.75 Å². The number of ether oxygens (including phenoxy) is 3. The topological polar surface area (TPSA) is 33.9 Å². The molecule has 0 N–H and O–H groups in total. The second kappa shape index (κ2) is 8.06. The van der Waals surface area contributed by atoms with Gasteiger partial charge in [-0.05, 0) is 12.1 Å². The monoisotopic (exact) mass is 438 g/mol. The van der Waals surface area contributed by atoms with E-state index in [1.165, 1.54) is 0 Å². The molecule has 0 aliphatic carbocycles. The first-order valence-corrected chi connectivity index (χ1v) is 9.63. The van der Waals surface area contributed by atoms with Crippen LogP contribution in [0.25, 0.3) is 5.57 Å². The van der Waals surface area contributed by atoms with E-state index in [9.17, 15) is 25.2 Å². The Hall–Kier alpha value is -2.16. The average molecular weight is 438 g/mol. The molecule has 5 nitrogen and oxygen atoms in total. The standard InChI is InChI=1S/C16H25N2O3.F6P/c1-11(16(17(2)3)18(4)5)12-9-10-13(19-6)15(21-8)14(12)20-7;1-7(2,3,4,5)6/h9-10H,1H2,2-8H3;/q+1;-1. The van der Waals surface area contributed by atoms with Gasteiger partial charge in [-0.2, -0.15) is 0 Å². The van der Waals surface area contributed by atoms with Crippen molar-refractivity contribution >= 4 is 19.2 Å². The van der Waals surface area contributed by atoms with Gasteiger partial charge < -0.3 is 14.2 Å². The second-order valence-corrected chi connectivity index (χ2v) is 7.85. The van der Waals surface area contributed by atoms with Crippen LogP contribution < -0.4 is 14.2 Å². The van der Waals surface area contributed by atoms with Gasteiger partial charge in [-0.1, -0.05) is 6.58 Å². The van der Waals surface area contributed by atoms with Gasteiger partial charge in [0.15, 0.2) is 11.5 Å². The van der Waals surface area contributed by atoms with Crippen LogP contribution in [0.2, 0.25) is 0 Å². The Morgan fingerprint density at radius 2 is 1.32 bits per heavy atom. The number of rotatable bonds is 5. The van der Waals surface area contributed by atoms with Crippen molar-refractivity contribution in [2.45, 2.75) is 0 Å². The maximum absolute atomic E-state index is 10.7. The second-order valence-electron chi connectivity index (χ2n) is 5.93. The molecule has 28 heavy (non-hydrogen) atoms. The number of hydrogen-bond acceptors (Lipinski definition) is 3. The van der Waals surface area contributed by atoms with Gasteiger partial charge in [0, 0.05) is 5.56 Å². The van der Waals surface area contributed by atoms with E-state index in [1.807, 2.05) is 49.8 Å². The number of likely N-dealkylation sites (N-methyl/N-ethyl adjacent to an activating group) is 1. The van der Waals surface area contributed by atoms with E-state index in [0.29, 0.717) is 17.2 Å². The number of methoxy groups -OCH3 is 3. The maximum atomic E-state index is 9.87. The minimum atomic E-state index is -10.7. The minimum absolute atomic E-state index is 0.565. The van der Waals surface area contributed by atoms with E-state index < -0.39 is 7.81 Å². The predicted molar refractivity (Wildman–Crippen MR) is 99.5 cm³/mol. The van der Waals surface area contributed by atoms with Crippen molar-refractivity contribution in [3.8, 4) is 17.2 Å². The summed E-state index contributed by atoms with van der Waals surface area (Å²) in [5, 5.41) is 0. The Kier molecular flexibility index (Phi) is 7.44. The number of hydrogen-bond donors (Lipinski definition) is 0. The van der Waals surface area contributed by atoms with Crippen LogP contribution in [-0.2, 0) is 0 Å². The molecule has 0 saturated carbocycles. The van der Waals surface area contributed by atoms with Crippen molar-refractivity contribution in [1.82, 2.24) is 4.90 Å². The Labute approximate surface area is 160 Å². The molecule has 1 rings (SSSR count). The van der Waals surface area contributed by atoms with Crippen molar-refractivity contribution in [3.63, 3.8) is 0 Å². The van der Waals surface area contributed by atoms with Gasteiger partial charge in [0.1, 0.15) is 0 Å². The summed E-state index contributed by atoms with van der Waals surface area (Å²) in [6, 6.07) is 3.78. The third-order valence-corrected chi connectivity index (χ3v) is 3.15. The Morgan fingerprint density at radius 1 is 0.893 bits per heavy atom. The Balaban J connectivity index is 0.000000887. The molecule has 0 heterocycles. The third kappa shape index (κ3) is 9.16. The molecule has 1 aromatic carbocycles. The molecule has 0 aliphatic rings. The zero-order valence-corrected chi connectivity index (χ0v) is 17.6. The zero-order chi connectivity index (χ0) is 22.6. The van der Waals surface area contributed by atoms with Gasteiger partial charge in [-0.15, -0.1) is 0 Å². The summed E-state index contributed by atoms with van der Waals surface area (Å²) in [4.78, 5) is 2.01. The molecule has 0 unspecified atom stereocenters. The van der Waals surface area contributed by atoms with Gasteiger partial charge >= 0.3 is 33.0 Å². The van der Waals surface area contributed by atoms with Crippen LogP contribution in [0.1, 0.15) is 5.56 Å². The van der Waals surface area contributed by atoms with Crippen LogP contribution in [-0.4, -0.2) is 64.8 Å². The molecular weight excluding hydrogens is 413 g/mol.